The molecule has 9 heteroatoms. The van der Waals surface area contributed by atoms with Gasteiger partial charge in [0.25, 0.3) is 21.4 Å². The molecule has 0 aromatic carbocycles. The molecule has 112 valence electrons. The number of hydrogen-bond acceptors (Lipinski definition) is 3. The molecule has 1 aromatic heterocycles. The third-order valence-corrected chi connectivity index (χ3v) is 4.44. The number of hydrogen-bond donors (Lipinski definition) is 0. The molecule has 1 aliphatic carbocycles. The van der Waals surface area contributed by atoms with E-state index < -0.39 is 27.9 Å². The summed E-state index contributed by atoms with van der Waals surface area (Å²) in [4.78, 5) is 13.3. The minimum absolute atomic E-state index is 0.0912. The summed E-state index contributed by atoms with van der Waals surface area (Å²) in [5.41, 5.74) is -0.0982. The van der Waals surface area contributed by atoms with Crippen molar-refractivity contribution in [1.82, 2.24) is 9.47 Å². The van der Waals surface area contributed by atoms with Gasteiger partial charge in [0.15, 0.2) is 0 Å². The van der Waals surface area contributed by atoms with E-state index in [1.165, 1.54) is 4.90 Å². The van der Waals surface area contributed by atoms with Gasteiger partial charge in [0, 0.05) is 30.0 Å². The quantitative estimate of drug-likeness (QED) is 0.777. The van der Waals surface area contributed by atoms with Crippen LogP contribution in [0.3, 0.4) is 0 Å². The largest absolute Gasteiger partial charge is 0.337 e. The van der Waals surface area contributed by atoms with Crippen LogP contribution in [0.2, 0.25) is 0 Å². The highest BCUT2D eigenvalue weighted by Gasteiger charge is 2.32. The van der Waals surface area contributed by atoms with Gasteiger partial charge in [-0.25, -0.2) is 17.2 Å². The van der Waals surface area contributed by atoms with Crippen LogP contribution in [0.5, 0.6) is 0 Å². The lowest BCUT2D eigenvalue weighted by Crippen LogP contribution is -2.30. The Morgan fingerprint density at radius 1 is 1.55 bits per heavy atom. The Labute approximate surface area is 119 Å². The smallest absolute Gasteiger partial charge is 0.270 e. The molecule has 0 aliphatic heterocycles. The Bertz CT molecular complexity index is 626. The van der Waals surface area contributed by atoms with E-state index in [1.807, 2.05) is 0 Å². The molecule has 0 atom stereocenters. The Morgan fingerprint density at radius 3 is 2.60 bits per heavy atom. The molecule has 0 N–H and O–H groups in total. The van der Waals surface area contributed by atoms with Crippen LogP contribution in [0.1, 0.15) is 23.3 Å². The maximum absolute atomic E-state index is 12.5. The van der Waals surface area contributed by atoms with Crippen molar-refractivity contribution < 1.29 is 22.0 Å². The Morgan fingerprint density at radius 2 is 2.15 bits per heavy atom. The highest BCUT2D eigenvalue weighted by Crippen LogP contribution is 2.28. The van der Waals surface area contributed by atoms with Crippen molar-refractivity contribution in [3.05, 3.63) is 18.0 Å². The second kappa shape index (κ2) is 5.33. The Balaban J connectivity index is 2.38. The first-order valence-corrected chi connectivity index (χ1v) is 8.21. The normalized spacial score (nSPS) is 15.7. The van der Waals surface area contributed by atoms with Crippen LogP contribution >= 0.6 is 10.7 Å². The average Bonchev–Trinajstić information content (AvgIpc) is 3.07. The van der Waals surface area contributed by atoms with E-state index in [0.29, 0.717) is 0 Å². The zero-order chi connectivity index (χ0) is 15.1. The van der Waals surface area contributed by atoms with Gasteiger partial charge in [-0.05, 0) is 18.9 Å². The van der Waals surface area contributed by atoms with Gasteiger partial charge in [-0.1, -0.05) is 0 Å². The van der Waals surface area contributed by atoms with Gasteiger partial charge in [0.2, 0.25) is 0 Å². The summed E-state index contributed by atoms with van der Waals surface area (Å²) in [7, 11) is 2.68. The maximum Gasteiger partial charge on any atom is 0.270 e. The van der Waals surface area contributed by atoms with Crippen molar-refractivity contribution in [2.45, 2.75) is 36.7 Å². The van der Waals surface area contributed by atoms with Gasteiger partial charge in [0.1, 0.15) is 10.6 Å². The fourth-order valence-corrected chi connectivity index (χ4v) is 2.66. The minimum atomic E-state index is -4.07. The van der Waals surface area contributed by atoms with Crippen LogP contribution < -0.4 is 0 Å². The first kappa shape index (κ1) is 15.2. The maximum atomic E-state index is 12.5. The molecule has 1 fully saturated rings. The van der Waals surface area contributed by atoms with Crippen LogP contribution in [0.15, 0.2) is 17.2 Å². The summed E-state index contributed by atoms with van der Waals surface area (Å²) >= 11 is 0. The van der Waals surface area contributed by atoms with Gasteiger partial charge in [-0.15, -0.1) is 0 Å². The third kappa shape index (κ3) is 3.29. The average molecular weight is 327 g/mol. The van der Waals surface area contributed by atoms with E-state index >= 15 is 0 Å². The number of amides is 1. The first-order valence-electron chi connectivity index (χ1n) is 5.90. The van der Waals surface area contributed by atoms with E-state index in [9.17, 15) is 22.0 Å². The van der Waals surface area contributed by atoms with Crippen molar-refractivity contribution >= 4 is 25.6 Å². The lowest BCUT2D eigenvalue weighted by atomic mass is 10.3. The van der Waals surface area contributed by atoms with E-state index in [4.69, 9.17) is 10.7 Å². The molecule has 2 rings (SSSR count). The summed E-state index contributed by atoms with van der Waals surface area (Å²) in [6.07, 6.45) is -0.0228. The molecule has 0 saturated heterocycles. The first-order chi connectivity index (χ1) is 9.20. The molecule has 5 nitrogen and oxygen atoms in total. The van der Waals surface area contributed by atoms with Gasteiger partial charge in [-0.3, -0.25) is 4.79 Å². The lowest BCUT2D eigenvalue weighted by molar-refractivity contribution is 0.0764. The number of carbonyl (C=O) groups excluding carboxylic acids is 1. The van der Waals surface area contributed by atoms with Crippen molar-refractivity contribution in [2.24, 2.45) is 0 Å². The molecule has 1 saturated carbocycles. The lowest BCUT2D eigenvalue weighted by Gasteiger charge is -2.17. The topological polar surface area (TPSA) is 59.4 Å². The van der Waals surface area contributed by atoms with Crippen molar-refractivity contribution in [2.75, 3.05) is 7.05 Å². The van der Waals surface area contributed by atoms with Gasteiger partial charge in [-0.2, -0.15) is 0 Å². The molecular weight excluding hydrogens is 314 g/mol. The molecule has 1 aliphatic rings. The Hall–Kier alpha value is -1.15. The summed E-state index contributed by atoms with van der Waals surface area (Å²) in [6.45, 7) is -0.758. The number of rotatable bonds is 5. The summed E-state index contributed by atoms with van der Waals surface area (Å²) in [5.74, 6) is -0.486. The van der Waals surface area contributed by atoms with Gasteiger partial charge < -0.3 is 9.47 Å². The number of aromatic nitrogens is 1. The van der Waals surface area contributed by atoms with E-state index in [2.05, 4.69) is 0 Å². The van der Waals surface area contributed by atoms with Crippen LogP contribution in [0.4, 0.5) is 8.78 Å². The van der Waals surface area contributed by atoms with Crippen molar-refractivity contribution in [3.63, 3.8) is 0 Å². The minimum Gasteiger partial charge on any atom is -0.337 e. The molecule has 1 aromatic rings. The molecule has 1 amide bonds. The molecule has 0 bridgehead atoms. The fraction of sp³-hybridized carbons (Fsp3) is 0.545. The van der Waals surface area contributed by atoms with Crippen LogP contribution in [-0.4, -0.2) is 43.3 Å². The van der Waals surface area contributed by atoms with Crippen LogP contribution in [-0.2, 0) is 15.6 Å². The number of carbonyl (C=O) groups is 1. The fourth-order valence-electron chi connectivity index (χ4n) is 1.90. The molecular formula is C11H13ClF2N2O3S. The summed E-state index contributed by atoms with van der Waals surface area (Å²) < 4.78 is 48.5. The monoisotopic (exact) mass is 326 g/mol. The van der Waals surface area contributed by atoms with Gasteiger partial charge >= 0.3 is 0 Å². The van der Waals surface area contributed by atoms with Gasteiger partial charge in [0.05, 0.1) is 6.54 Å². The predicted molar refractivity (Wildman–Crippen MR) is 68.6 cm³/mol. The zero-order valence-corrected chi connectivity index (χ0v) is 12.2. The van der Waals surface area contributed by atoms with E-state index in [1.54, 1.807) is 7.05 Å². The molecule has 20 heavy (non-hydrogen) atoms. The summed E-state index contributed by atoms with van der Waals surface area (Å²) in [5, 5.41) is 0. The SMILES string of the molecule is CN(C(=O)c1cc(S(=O)(=O)Cl)cn1CC(F)F)C1CC1. The molecule has 0 spiro atoms. The second-order valence-electron chi connectivity index (χ2n) is 4.69. The predicted octanol–water partition coefficient (Wildman–Crippen LogP) is 1.92. The van der Waals surface area contributed by atoms with Crippen molar-refractivity contribution in [1.29, 1.82) is 0 Å². The molecule has 0 radical (unpaired) electrons. The third-order valence-electron chi connectivity index (χ3n) is 3.12. The van der Waals surface area contributed by atoms with Crippen LogP contribution in [0.25, 0.3) is 0 Å². The number of halogens is 3. The standard InChI is InChI=1S/C11H13ClF2N2O3S/c1-15(7-2-3-7)11(17)9-4-8(20(12,18)19)5-16(9)6-10(13)14/h4-5,7,10H,2-3,6H2,1H3. The highest BCUT2D eigenvalue weighted by molar-refractivity contribution is 8.13. The number of alkyl halides is 2. The van der Waals surface area contributed by atoms with Crippen molar-refractivity contribution in [3.8, 4) is 0 Å². The highest BCUT2D eigenvalue weighted by atomic mass is 35.7. The second-order valence-corrected chi connectivity index (χ2v) is 7.26. The zero-order valence-electron chi connectivity index (χ0n) is 10.6. The van der Waals surface area contributed by atoms with E-state index in [0.717, 1.165) is 29.7 Å². The number of nitrogens with zero attached hydrogens (tertiary/aromatic N) is 2. The molecule has 1 heterocycles. The summed E-state index contributed by atoms with van der Waals surface area (Å²) in [6, 6.07) is 1.12. The van der Waals surface area contributed by atoms with Crippen LogP contribution in [0, 0.1) is 0 Å². The Kier molecular flexibility index (Phi) is 4.06. The van der Waals surface area contributed by atoms with E-state index in [-0.39, 0.29) is 16.6 Å². The molecule has 0 unspecified atom stereocenters.